The summed E-state index contributed by atoms with van der Waals surface area (Å²) in [6, 6.07) is 13.3. The van der Waals surface area contributed by atoms with Crippen molar-refractivity contribution in [2.75, 3.05) is 18.0 Å². The second-order valence-corrected chi connectivity index (χ2v) is 10.3. The summed E-state index contributed by atoms with van der Waals surface area (Å²) < 4.78 is 5.14. The molecule has 0 aliphatic carbocycles. The fourth-order valence-electron chi connectivity index (χ4n) is 4.16. The molecule has 5 N–H and O–H groups in total. The molecule has 2 amide bonds. The van der Waals surface area contributed by atoms with E-state index >= 15 is 0 Å². The van der Waals surface area contributed by atoms with Gasteiger partial charge in [0, 0.05) is 30.8 Å². The number of aliphatic carboxylic acids is 1. The number of amides is 2. The van der Waals surface area contributed by atoms with E-state index in [1.807, 2.05) is 18.2 Å². The van der Waals surface area contributed by atoms with Crippen LogP contribution in [0.15, 0.2) is 53.5 Å². The van der Waals surface area contributed by atoms with E-state index in [0.717, 1.165) is 24.3 Å². The van der Waals surface area contributed by atoms with Gasteiger partial charge in [0.1, 0.15) is 11.6 Å². The summed E-state index contributed by atoms with van der Waals surface area (Å²) in [4.78, 5) is 43.0. The Hall–Kier alpha value is -4.08. The van der Waals surface area contributed by atoms with Gasteiger partial charge in [0.15, 0.2) is 5.96 Å². The average Bonchev–Trinajstić information content (AvgIpc) is 2.87. The van der Waals surface area contributed by atoms with Crippen molar-refractivity contribution in [3.05, 3.63) is 65.2 Å². The van der Waals surface area contributed by atoms with E-state index in [0.29, 0.717) is 17.7 Å². The molecular formula is C28H37N5O5. The van der Waals surface area contributed by atoms with Crippen LogP contribution < -0.4 is 21.3 Å². The molecule has 0 spiro atoms. The third-order valence-corrected chi connectivity index (χ3v) is 5.99. The highest BCUT2D eigenvalue weighted by Crippen LogP contribution is 2.24. The van der Waals surface area contributed by atoms with Crippen molar-refractivity contribution in [1.82, 2.24) is 10.6 Å². The fourth-order valence-corrected chi connectivity index (χ4v) is 4.16. The number of alkyl carbamates (subject to hydrolysis) is 1. The van der Waals surface area contributed by atoms with Crippen molar-refractivity contribution < 1.29 is 24.2 Å². The van der Waals surface area contributed by atoms with Gasteiger partial charge in [-0.05, 0) is 69.4 Å². The number of guanidine groups is 1. The summed E-state index contributed by atoms with van der Waals surface area (Å²) in [6.45, 7) is 7.47. The minimum Gasteiger partial charge on any atom is -0.480 e. The summed E-state index contributed by atoms with van der Waals surface area (Å²) in [7, 11) is 0. The van der Waals surface area contributed by atoms with Gasteiger partial charge in [-0.2, -0.15) is 0 Å². The Kier molecular flexibility index (Phi) is 9.70. The number of carbonyl (C=O) groups is 3. The Labute approximate surface area is 223 Å². The normalized spacial score (nSPS) is 14.9. The molecule has 204 valence electrons. The number of nitrogens with two attached hydrogens (primary N) is 1. The first-order valence-corrected chi connectivity index (χ1v) is 12.8. The summed E-state index contributed by atoms with van der Waals surface area (Å²) in [5.41, 5.74) is 8.41. The highest BCUT2D eigenvalue weighted by molar-refractivity contribution is 6.05. The number of carboxylic acids is 1. The molecule has 0 saturated carbocycles. The maximum Gasteiger partial charge on any atom is 0.408 e. The Balaban J connectivity index is 1.57. The number of nitrogens with one attached hydrogen (secondary N) is 2. The summed E-state index contributed by atoms with van der Waals surface area (Å²) in [5, 5.41) is 14.4. The molecule has 10 heteroatoms. The lowest BCUT2D eigenvalue weighted by molar-refractivity contribution is -0.139. The molecule has 1 saturated heterocycles. The number of carbonyl (C=O) groups excluding carboxylic acids is 2. The number of benzene rings is 2. The monoisotopic (exact) mass is 523 g/mol. The topological polar surface area (TPSA) is 146 Å². The van der Waals surface area contributed by atoms with Gasteiger partial charge in [0.25, 0.3) is 5.91 Å². The molecule has 0 unspecified atom stereocenters. The van der Waals surface area contributed by atoms with Gasteiger partial charge in [-0.3, -0.25) is 10.1 Å². The molecule has 3 rings (SSSR count). The highest BCUT2D eigenvalue weighted by atomic mass is 16.6. The van der Waals surface area contributed by atoms with Crippen molar-refractivity contribution in [3.8, 4) is 0 Å². The van der Waals surface area contributed by atoms with E-state index in [9.17, 15) is 19.5 Å². The molecule has 1 heterocycles. The van der Waals surface area contributed by atoms with Crippen LogP contribution in [0.3, 0.4) is 0 Å². The quantitative estimate of drug-likeness (QED) is 0.306. The molecule has 0 radical (unpaired) electrons. The number of hydrogen-bond donors (Lipinski definition) is 4. The van der Waals surface area contributed by atoms with Crippen LogP contribution in [-0.4, -0.2) is 53.8 Å². The van der Waals surface area contributed by atoms with Crippen LogP contribution in [0.2, 0.25) is 0 Å². The number of nitrogens with zero attached hydrogens (tertiary/aromatic N) is 2. The molecule has 1 atom stereocenters. The number of aliphatic imine (C=N–C) groups is 1. The second-order valence-electron chi connectivity index (χ2n) is 10.3. The van der Waals surface area contributed by atoms with Crippen molar-refractivity contribution in [2.24, 2.45) is 10.7 Å². The summed E-state index contributed by atoms with van der Waals surface area (Å²) in [6.07, 6.45) is 2.81. The van der Waals surface area contributed by atoms with E-state index in [1.54, 1.807) is 45.0 Å². The van der Waals surface area contributed by atoms with E-state index < -0.39 is 29.6 Å². The zero-order valence-electron chi connectivity index (χ0n) is 22.2. The van der Waals surface area contributed by atoms with Gasteiger partial charge < -0.3 is 25.8 Å². The van der Waals surface area contributed by atoms with Crippen LogP contribution in [0.5, 0.6) is 0 Å². The zero-order chi connectivity index (χ0) is 27.7. The van der Waals surface area contributed by atoms with Crippen LogP contribution in [-0.2, 0) is 22.5 Å². The Bertz CT molecular complexity index is 1150. The SMILES string of the molecule is CC(C)(C)OC(=O)N[C@@H](Cc1ccc(C(=O)NC(N)=NCc2ccccc2N2CCCCC2)cc1)C(=O)O. The average molecular weight is 524 g/mol. The number of hydrogen-bond acceptors (Lipinski definition) is 6. The van der Waals surface area contributed by atoms with Crippen molar-refractivity contribution in [2.45, 2.75) is 64.6 Å². The van der Waals surface area contributed by atoms with Crippen LogP contribution in [0.4, 0.5) is 10.5 Å². The lowest BCUT2D eigenvalue weighted by atomic mass is 10.0. The maximum atomic E-state index is 12.7. The number of ether oxygens (including phenoxy) is 1. The Morgan fingerprint density at radius 3 is 2.34 bits per heavy atom. The molecule has 2 aromatic carbocycles. The Morgan fingerprint density at radius 1 is 1.05 bits per heavy atom. The third kappa shape index (κ3) is 8.79. The largest absolute Gasteiger partial charge is 0.480 e. The molecular weight excluding hydrogens is 486 g/mol. The molecule has 2 aromatic rings. The smallest absolute Gasteiger partial charge is 0.408 e. The van der Waals surface area contributed by atoms with Crippen molar-refractivity contribution >= 4 is 29.6 Å². The molecule has 0 bridgehead atoms. The molecule has 1 aliphatic rings. The van der Waals surface area contributed by atoms with Gasteiger partial charge >= 0.3 is 12.1 Å². The third-order valence-electron chi connectivity index (χ3n) is 5.99. The lowest BCUT2D eigenvalue weighted by Crippen LogP contribution is -2.44. The van der Waals surface area contributed by atoms with E-state index in [-0.39, 0.29) is 12.4 Å². The molecule has 10 nitrogen and oxygen atoms in total. The van der Waals surface area contributed by atoms with Crippen LogP contribution in [0.1, 0.15) is 61.5 Å². The van der Waals surface area contributed by atoms with Crippen molar-refractivity contribution in [1.29, 1.82) is 0 Å². The van der Waals surface area contributed by atoms with Crippen LogP contribution in [0, 0.1) is 0 Å². The number of piperidine rings is 1. The molecule has 1 fully saturated rings. The number of rotatable bonds is 8. The van der Waals surface area contributed by atoms with Crippen molar-refractivity contribution in [3.63, 3.8) is 0 Å². The summed E-state index contributed by atoms with van der Waals surface area (Å²) in [5.74, 6) is -1.60. The zero-order valence-corrected chi connectivity index (χ0v) is 22.2. The predicted octanol–water partition coefficient (Wildman–Crippen LogP) is 3.44. The molecule has 0 aromatic heterocycles. The van der Waals surface area contributed by atoms with Crippen LogP contribution in [0.25, 0.3) is 0 Å². The van der Waals surface area contributed by atoms with Gasteiger partial charge in [-0.1, -0.05) is 30.3 Å². The van der Waals surface area contributed by atoms with E-state index in [1.165, 1.54) is 19.3 Å². The predicted molar refractivity (Wildman–Crippen MR) is 146 cm³/mol. The maximum absolute atomic E-state index is 12.7. The Morgan fingerprint density at radius 2 is 1.71 bits per heavy atom. The van der Waals surface area contributed by atoms with E-state index in [4.69, 9.17) is 10.5 Å². The highest BCUT2D eigenvalue weighted by Gasteiger charge is 2.24. The first-order chi connectivity index (χ1) is 18.0. The fraction of sp³-hybridized carbons (Fsp3) is 0.429. The standard InChI is InChI=1S/C28H37N5O5/c1-28(2,3)38-27(37)31-22(25(35)36)17-19-11-13-20(14-12-19)24(34)32-26(29)30-18-21-9-5-6-10-23(21)33-15-7-4-8-16-33/h5-6,9-14,22H,4,7-8,15-18H2,1-3H3,(H,31,37)(H,35,36)(H3,29,30,32,34)/t22-/m0/s1. The lowest BCUT2D eigenvalue weighted by Gasteiger charge is -2.30. The summed E-state index contributed by atoms with van der Waals surface area (Å²) >= 11 is 0. The van der Waals surface area contributed by atoms with Crippen LogP contribution >= 0.6 is 0 Å². The molecule has 1 aliphatic heterocycles. The molecule has 38 heavy (non-hydrogen) atoms. The van der Waals surface area contributed by atoms with Gasteiger partial charge in [-0.25, -0.2) is 14.6 Å². The van der Waals surface area contributed by atoms with Gasteiger partial charge in [0.05, 0.1) is 6.54 Å². The minimum atomic E-state index is -1.19. The van der Waals surface area contributed by atoms with Gasteiger partial charge in [0.2, 0.25) is 0 Å². The second kappa shape index (κ2) is 12.9. The van der Waals surface area contributed by atoms with E-state index in [2.05, 4.69) is 26.6 Å². The minimum absolute atomic E-state index is 0.0139. The van der Waals surface area contributed by atoms with Gasteiger partial charge in [-0.15, -0.1) is 0 Å². The number of para-hydroxylation sites is 1. The number of carboxylic acid groups (broad SMARTS) is 1. The first kappa shape index (κ1) is 28.5. The first-order valence-electron chi connectivity index (χ1n) is 12.8. The number of anilines is 1.